The van der Waals surface area contributed by atoms with E-state index in [1.54, 1.807) is 0 Å². The highest BCUT2D eigenvalue weighted by atomic mass is 19.4. The zero-order valence-electron chi connectivity index (χ0n) is 12.7. The Balaban J connectivity index is 2.82. The topological polar surface area (TPSA) is 86.6 Å². The number of carbonyl (C=O) groups is 2. The molecule has 0 aromatic heterocycles. The highest BCUT2D eigenvalue weighted by molar-refractivity contribution is 5.98. The van der Waals surface area contributed by atoms with Crippen molar-refractivity contribution in [1.29, 1.82) is 0 Å². The van der Waals surface area contributed by atoms with Gasteiger partial charge in [0, 0.05) is 11.4 Å². The number of aliphatic carboxylic acids is 2. The molecule has 5 nitrogen and oxygen atoms in total. The zero-order chi connectivity index (χ0) is 18.2. The molecule has 1 heterocycles. The summed E-state index contributed by atoms with van der Waals surface area (Å²) in [4.78, 5) is 23.2. The van der Waals surface area contributed by atoms with Gasteiger partial charge in [-0.1, -0.05) is 18.2 Å². The van der Waals surface area contributed by atoms with Gasteiger partial charge in [-0.2, -0.15) is 13.2 Å². The largest absolute Gasteiger partial charge is 0.478 e. The van der Waals surface area contributed by atoms with E-state index in [1.807, 2.05) is 0 Å². The van der Waals surface area contributed by atoms with Crippen LogP contribution in [0.3, 0.4) is 0 Å². The molecule has 0 saturated heterocycles. The molecule has 2 rings (SSSR count). The maximum atomic E-state index is 13.3. The molecule has 8 heteroatoms. The van der Waals surface area contributed by atoms with E-state index in [-0.39, 0.29) is 11.4 Å². The van der Waals surface area contributed by atoms with Crippen LogP contribution in [0.5, 0.6) is 0 Å². The summed E-state index contributed by atoms with van der Waals surface area (Å²) in [6.45, 7) is 2.77. The number of allylic oxidation sites excluding steroid dienone is 2. The minimum atomic E-state index is -4.74. The summed E-state index contributed by atoms with van der Waals surface area (Å²) in [6.07, 6.45) is -4.74. The second-order valence-electron chi connectivity index (χ2n) is 5.33. The van der Waals surface area contributed by atoms with E-state index >= 15 is 0 Å². The molecule has 0 unspecified atom stereocenters. The zero-order valence-corrected chi connectivity index (χ0v) is 12.7. The van der Waals surface area contributed by atoms with Crippen molar-refractivity contribution in [2.24, 2.45) is 0 Å². The fourth-order valence-corrected chi connectivity index (χ4v) is 2.88. The molecule has 1 aromatic carbocycles. The SMILES string of the molecule is CC1=C(C(=O)O)C(c2ccccc2C(F)(F)F)C(C(=O)O)=C(C)N1. The van der Waals surface area contributed by atoms with E-state index < -0.39 is 46.3 Å². The van der Waals surface area contributed by atoms with Crippen LogP contribution in [0.15, 0.2) is 46.8 Å². The first-order valence-electron chi connectivity index (χ1n) is 6.87. The van der Waals surface area contributed by atoms with Crippen LogP contribution in [0, 0.1) is 0 Å². The van der Waals surface area contributed by atoms with Crippen LogP contribution in [0.25, 0.3) is 0 Å². The van der Waals surface area contributed by atoms with Crippen LogP contribution in [-0.4, -0.2) is 22.2 Å². The van der Waals surface area contributed by atoms with Gasteiger partial charge < -0.3 is 15.5 Å². The molecule has 0 amide bonds. The summed E-state index contributed by atoms with van der Waals surface area (Å²) in [6, 6.07) is 4.39. The lowest BCUT2D eigenvalue weighted by atomic mass is 9.78. The Bertz CT molecular complexity index is 742. The minimum absolute atomic E-state index is 0.104. The van der Waals surface area contributed by atoms with Crippen LogP contribution in [0.1, 0.15) is 30.9 Å². The molecule has 0 aliphatic carbocycles. The number of carboxylic acids is 2. The summed E-state index contributed by atoms with van der Waals surface area (Å²) < 4.78 is 39.9. The molecule has 0 spiro atoms. The predicted octanol–water partition coefficient (Wildman–Crippen LogP) is 3.11. The molecule has 3 N–H and O–H groups in total. The number of rotatable bonds is 3. The van der Waals surface area contributed by atoms with Gasteiger partial charge in [0.05, 0.1) is 22.6 Å². The van der Waals surface area contributed by atoms with Gasteiger partial charge in [0.1, 0.15) is 0 Å². The highest BCUT2D eigenvalue weighted by Gasteiger charge is 2.42. The quantitative estimate of drug-likeness (QED) is 0.786. The van der Waals surface area contributed by atoms with Gasteiger partial charge in [0.25, 0.3) is 0 Å². The molecule has 0 fully saturated rings. The van der Waals surface area contributed by atoms with Gasteiger partial charge >= 0.3 is 18.1 Å². The summed E-state index contributed by atoms with van der Waals surface area (Å²) in [5, 5.41) is 21.5. The number of nitrogens with one attached hydrogen (secondary N) is 1. The number of dihydropyridines is 1. The number of alkyl halides is 3. The molecule has 0 bridgehead atoms. The molecule has 0 saturated carbocycles. The Labute approximate surface area is 135 Å². The lowest BCUT2D eigenvalue weighted by Crippen LogP contribution is -2.32. The molecule has 0 radical (unpaired) electrons. The molecule has 128 valence electrons. The molecule has 1 aliphatic heterocycles. The van der Waals surface area contributed by atoms with Crippen molar-refractivity contribution in [3.63, 3.8) is 0 Å². The van der Waals surface area contributed by atoms with E-state index in [9.17, 15) is 33.0 Å². The van der Waals surface area contributed by atoms with Crippen LogP contribution in [0.4, 0.5) is 13.2 Å². The summed E-state index contributed by atoms with van der Waals surface area (Å²) in [5.74, 6) is -4.49. The normalized spacial score (nSPS) is 16.2. The Morgan fingerprint density at radius 3 is 1.88 bits per heavy atom. The van der Waals surface area contributed by atoms with Gasteiger partial charge in [0.15, 0.2) is 0 Å². The van der Waals surface area contributed by atoms with Crippen molar-refractivity contribution in [2.45, 2.75) is 25.9 Å². The lowest BCUT2D eigenvalue weighted by molar-refractivity contribution is -0.139. The number of hydrogen-bond donors (Lipinski definition) is 3. The number of hydrogen-bond acceptors (Lipinski definition) is 3. The lowest BCUT2D eigenvalue weighted by Gasteiger charge is -2.30. The second-order valence-corrected chi connectivity index (χ2v) is 5.33. The first-order chi connectivity index (χ1) is 11.1. The second kappa shape index (κ2) is 6.03. The van der Waals surface area contributed by atoms with Gasteiger partial charge in [-0.3, -0.25) is 0 Å². The van der Waals surface area contributed by atoms with Crippen LogP contribution >= 0.6 is 0 Å². The third kappa shape index (κ3) is 2.99. The molecule has 1 aromatic rings. The number of halogens is 3. The molecular weight excluding hydrogens is 327 g/mol. The Hall–Kier alpha value is -2.77. The van der Waals surface area contributed by atoms with E-state index in [1.165, 1.54) is 26.0 Å². The van der Waals surface area contributed by atoms with Crippen LogP contribution in [0.2, 0.25) is 0 Å². The molecule has 24 heavy (non-hydrogen) atoms. The third-order valence-electron chi connectivity index (χ3n) is 3.80. The van der Waals surface area contributed by atoms with Crippen molar-refractivity contribution >= 4 is 11.9 Å². The fraction of sp³-hybridized carbons (Fsp3) is 0.250. The van der Waals surface area contributed by atoms with Crippen molar-refractivity contribution < 1.29 is 33.0 Å². The van der Waals surface area contributed by atoms with E-state index in [0.29, 0.717) is 0 Å². The first-order valence-corrected chi connectivity index (χ1v) is 6.87. The minimum Gasteiger partial charge on any atom is -0.478 e. The van der Waals surface area contributed by atoms with E-state index in [0.717, 1.165) is 12.1 Å². The third-order valence-corrected chi connectivity index (χ3v) is 3.80. The highest BCUT2D eigenvalue weighted by Crippen LogP contribution is 2.43. The number of benzene rings is 1. The van der Waals surface area contributed by atoms with Gasteiger partial charge in [0.2, 0.25) is 0 Å². The standard InChI is InChI=1S/C16H14F3NO4/c1-7-11(14(21)22)13(12(15(23)24)8(2)20-7)9-5-3-4-6-10(9)16(17,18)19/h3-6,13,20H,1-2H3,(H,21,22)(H,23,24). The maximum absolute atomic E-state index is 13.3. The first kappa shape index (κ1) is 17.6. The Morgan fingerprint density at radius 1 is 1.00 bits per heavy atom. The van der Waals surface area contributed by atoms with E-state index in [2.05, 4.69) is 5.32 Å². The Kier molecular flexibility index (Phi) is 4.42. The number of carboxylic acid groups (broad SMARTS) is 2. The molecule has 0 atom stereocenters. The van der Waals surface area contributed by atoms with Gasteiger partial charge in [-0.15, -0.1) is 0 Å². The summed E-state index contributed by atoms with van der Waals surface area (Å²) >= 11 is 0. The molecule has 1 aliphatic rings. The van der Waals surface area contributed by atoms with Crippen LogP contribution in [-0.2, 0) is 15.8 Å². The monoisotopic (exact) mass is 341 g/mol. The van der Waals surface area contributed by atoms with Gasteiger partial charge in [-0.25, -0.2) is 9.59 Å². The van der Waals surface area contributed by atoms with E-state index in [4.69, 9.17) is 0 Å². The molecular formula is C16H14F3NO4. The summed E-state index contributed by atoms with van der Waals surface area (Å²) in [5.41, 5.74) is -2.10. The van der Waals surface area contributed by atoms with Crippen LogP contribution < -0.4 is 5.32 Å². The van der Waals surface area contributed by atoms with Crippen molar-refractivity contribution in [3.8, 4) is 0 Å². The maximum Gasteiger partial charge on any atom is 0.416 e. The fourth-order valence-electron chi connectivity index (χ4n) is 2.88. The van der Waals surface area contributed by atoms with Crippen molar-refractivity contribution in [1.82, 2.24) is 5.32 Å². The average Bonchev–Trinajstić information content (AvgIpc) is 2.44. The predicted molar refractivity (Wildman–Crippen MR) is 78.0 cm³/mol. The average molecular weight is 341 g/mol. The van der Waals surface area contributed by atoms with Crippen molar-refractivity contribution in [3.05, 3.63) is 57.9 Å². The van der Waals surface area contributed by atoms with Gasteiger partial charge in [-0.05, 0) is 25.5 Å². The smallest absolute Gasteiger partial charge is 0.416 e. The Morgan fingerprint density at radius 2 is 1.46 bits per heavy atom. The summed E-state index contributed by atoms with van der Waals surface area (Å²) in [7, 11) is 0. The van der Waals surface area contributed by atoms with Crippen molar-refractivity contribution in [2.75, 3.05) is 0 Å².